The Bertz CT molecular complexity index is 1530. The molecule has 1 unspecified atom stereocenters. The minimum atomic E-state index is -0.774. The van der Waals surface area contributed by atoms with E-state index < -0.39 is 6.10 Å². The molecule has 0 N–H and O–H groups in total. The number of hydrogen-bond donors (Lipinski definition) is 0. The zero-order chi connectivity index (χ0) is 58.5. The van der Waals surface area contributed by atoms with Gasteiger partial charge in [-0.25, -0.2) is 0 Å². The van der Waals surface area contributed by atoms with Gasteiger partial charge >= 0.3 is 17.9 Å². The Morgan fingerprint density at radius 1 is 0.259 bits per heavy atom. The predicted molar refractivity (Wildman–Crippen MR) is 353 cm³/mol. The summed E-state index contributed by atoms with van der Waals surface area (Å²) in [6.45, 7) is 6.52. The molecule has 0 saturated heterocycles. The zero-order valence-electron chi connectivity index (χ0n) is 53.8. The molecular weight excluding hydrogens is 997 g/mol. The normalized spacial score (nSPS) is 12.6. The molecule has 0 spiro atoms. The van der Waals surface area contributed by atoms with Gasteiger partial charge in [-0.3, -0.25) is 14.4 Å². The molecule has 6 nitrogen and oxygen atoms in total. The van der Waals surface area contributed by atoms with E-state index in [0.717, 1.165) is 96.3 Å². The lowest BCUT2D eigenvalue weighted by molar-refractivity contribution is -0.167. The van der Waals surface area contributed by atoms with Gasteiger partial charge in [0.05, 0.1) is 0 Å². The van der Waals surface area contributed by atoms with Gasteiger partial charge in [0.15, 0.2) is 6.10 Å². The summed E-state index contributed by atoms with van der Waals surface area (Å²) in [5.74, 6) is -0.864. The summed E-state index contributed by atoms with van der Waals surface area (Å²) in [5, 5.41) is 0. The van der Waals surface area contributed by atoms with Crippen LogP contribution in [0, 0.1) is 0 Å². The van der Waals surface area contributed by atoms with Crippen molar-refractivity contribution in [1.82, 2.24) is 0 Å². The number of allylic oxidation sites excluding steroid dienone is 14. The number of hydrogen-bond acceptors (Lipinski definition) is 6. The van der Waals surface area contributed by atoms with Crippen molar-refractivity contribution in [2.45, 2.75) is 361 Å². The summed E-state index contributed by atoms with van der Waals surface area (Å²) >= 11 is 0. The summed E-state index contributed by atoms with van der Waals surface area (Å²) < 4.78 is 16.9. The van der Waals surface area contributed by atoms with Gasteiger partial charge in [0, 0.05) is 19.3 Å². The van der Waals surface area contributed by atoms with Crippen LogP contribution >= 0.6 is 0 Å². The second kappa shape index (κ2) is 69.1. The predicted octanol–water partition coefficient (Wildman–Crippen LogP) is 24.2. The Labute approximate surface area is 503 Å². The topological polar surface area (TPSA) is 78.9 Å². The average Bonchev–Trinajstić information content (AvgIpc) is 3.47. The van der Waals surface area contributed by atoms with Crippen molar-refractivity contribution in [1.29, 1.82) is 0 Å². The van der Waals surface area contributed by atoms with Gasteiger partial charge in [0.25, 0.3) is 0 Å². The molecule has 0 aromatic heterocycles. The van der Waals surface area contributed by atoms with E-state index in [1.165, 1.54) is 218 Å². The molecule has 0 aromatic rings. The third-order valence-electron chi connectivity index (χ3n) is 15.4. The van der Waals surface area contributed by atoms with Crippen LogP contribution < -0.4 is 0 Å². The van der Waals surface area contributed by atoms with Crippen LogP contribution in [-0.4, -0.2) is 37.2 Å². The van der Waals surface area contributed by atoms with E-state index in [1.807, 2.05) is 0 Å². The van der Waals surface area contributed by atoms with Crippen molar-refractivity contribution in [3.8, 4) is 0 Å². The van der Waals surface area contributed by atoms with Crippen LogP contribution in [0.2, 0.25) is 0 Å². The molecule has 0 aliphatic heterocycles. The molecule has 0 radical (unpaired) electrons. The van der Waals surface area contributed by atoms with Gasteiger partial charge in [-0.15, -0.1) is 0 Å². The fourth-order valence-electron chi connectivity index (χ4n) is 10.2. The fourth-order valence-corrected chi connectivity index (χ4v) is 10.2. The van der Waals surface area contributed by atoms with Crippen molar-refractivity contribution in [3.05, 3.63) is 85.1 Å². The van der Waals surface area contributed by atoms with Crippen LogP contribution in [-0.2, 0) is 28.6 Å². The van der Waals surface area contributed by atoms with Gasteiger partial charge in [-0.05, 0) is 96.3 Å². The van der Waals surface area contributed by atoms with E-state index in [0.29, 0.717) is 19.3 Å². The van der Waals surface area contributed by atoms with Gasteiger partial charge in [0.1, 0.15) is 13.2 Å². The number of rotatable bonds is 64. The Morgan fingerprint density at radius 3 is 0.753 bits per heavy atom. The largest absolute Gasteiger partial charge is 0.462 e. The number of carbonyl (C=O) groups is 3. The quantitative estimate of drug-likeness (QED) is 0.0261. The van der Waals surface area contributed by atoms with Crippen LogP contribution in [0.5, 0.6) is 0 Å². The lowest BCUT2D eigenvalue weighted by atomic mass is 10.0. The summed E-state index contributed by atoms with van der Waals surface area (Å²) in [4.78, 5) is 38.2. The summed E-state index contributed by atoms with van der Waals surface area (Å²) in [5.41, 5.74) is 0. The zero-order valence-corrected chi connectivity index (χ0v) is 53.8. The smallest absolute Gasteiger partial charge is 0.306 e. The molecule has 0 fully saturated rings. The minimum absolute atomic E-state index is 0.0726. The maximum absolute atomic E-state index is 12.9. The Kier molecular flexibility index (Phi) is 66.2. The molecule has 0 aromatic carbocycles. The van der Waals surface area contributed by atoms with E-state index in [2.05, 4.69) is 106 Å². The maximum atomic E-state index is 12.9. The highest BCUT2D eigenvalue weighted by molar-refractivity contribution is 5.71. The first-order chi connectivity index (χ1) is 40.0. The third-order valence-corrected chi connectivity index (χ3v) is 15.4. The molecule has 0 heterocycles. The monoisotopic (exact) mass is 1130 g/mol. The maximum Gasteiger partial charge on any atom is 0.306 e. The molecule has 81 heavy (non-hydrogen) atoms. The van der Waals surface area contributed by atoms with Crippen molar-refractivity contribution < 1.29 is 28.6 Å². The van der Waals surface area contributed by atoms with Crippen molar-refractivity contribution in [2.24, 2.45) is 0 Å². The molecule has 0 aliphatic carbocycles. The first-order valence-corrected chi connectivity index (χ1v) is 35.1. The highest BCUT2D eigenvalue weighted by atomic mass is 16.6. The Morgan fingerprint density at radius 2 is 0.481 bits per heavy atom. The molecule has 0 amide bonds. The van der Waals surface area contributed by atoms with Crippen LogP contribution in [0.3, 0.4) is 0 Å². The van der Waals surface area contributed by atoms with Crippen LogP contribution in [0.15, 0.2) is 85.1 Å². The van der Waals surface area contributed by atoms with Crippen molar-refractivity contribution in [3.63, 3.8) is 0 Å². The number of carbonyl (C=O) groups excluding carboxylic acids is 3. The third kappa shape index (κ3) is 67.3. The number of unbranched alkanes of at least 4 members (excludes halogenated alkanes) is 39. The standard InChI is InChI=1S/C75H132O6/c1-4-7-10-13-16-18-20-22-24-26-28-30-32-34-36-37-39-40-42-44-46-48-50-52-54-56-59-62-65-68-74(77)80-71-72(70-79-73(76)67-64-61-58-15-12-9-6-3)81-75(78)69-66-63-60-57-55-53-51-49-47-45-43-41-38-35-33-31-29-27-25-23-21-19-17-14-11-8-5-2/h7,10,16,18,21-24,27-30,34,36,72H,4-6,8-9,11-15,17,19-20,25-26,31-33,35,37-71H2,1-3H3/b10-7-,18-16-,23-21-,24-22-,29-27-,30-28-,36-34-. The van der Waals surface area contributed by atoms with E-state index in [-0.39, 0.29) is 31.1 Å². The van der Waals surface area contributed by atoms with Crippen molar-refractivity contribution >= 4 is 17.9 Å². The number of esters is 3. The van der Waals surface area contributed by atoms with Crippen LogP contribution in [0.1, 0.15) is 355 Å². The van der Waals surface area contributed by atoms with Gasteiger partial charge in [0.2, 0.25) is 0 Å². The summed E-state index contributed by atoms with van der Waals surface area (Å²) in [6, 6.07) is 0. The van der Waals surface area contributed by atoms with E-state index in [1.54, 1.807) is 0 Å². The summed E-state index contributed by atoms with van der Waals surface area (Å²) in [6.07, 6.45) is 92.1. The van der Waals surface area contributed by atoms with Gasteiger partial charge in [-0.1, -0.05) is 324 Å². The second-order valence-electron chi connectivity index (χ2n) is 23.4. The molecule has 0 saturated carbocycles. The van der Waals surface area contributed by atoms with Gasteiger partial charge in [-0.2, -0.15) is 0 Å². The lowest BCUT2D eigenvalue weighted by Crippen LogP contribution is -2.30. The molecule has 0 aliphatic rings. The van der Waals surface area contributed by atoms with E-state index >= 15 is 0 Å². The SMILES string of the molecule is CC/C=C\C/C=C\C/C=C\C/C=C\C/C=C\CCCCCCCCCCCCCCCC(=O)OCC(COC(=O)CCCCCCCCC)OC(=O)CCCCCCCCCCCCCCCCC/C=C\C/C=C\CCCCCCC. The highest BCUT2D eigenvalue weighted by Gasteiger charge is 2.19. The first-order valence-electron chi connectivity index (χ1n) is 35.1. The molecule has 0 bridgehead atoms. The molecular formula is C75H132O6. The average molecular weight is 1130 g/mol. The van der Waals surface area contributed by atoms with E-state index in [4.69, 9.17) is 14.2 Å². The minimum Gasteiger partial charge on any atom is -0.462 e. The fraction of sp³-hybridized carbons (Fsp3) is 0.773. The molecule has 468 valence electrons. The highest BCUT2D eigenvalue weighted by Crippen LogP contribution is 2.18. The number of ether oxygens (including phenoxy) is 3. The summed E-state index contributed by atoms with van der Waals surface area (Å²) in [7, 11) is 0. The van der Waals surface area contributed by atoms with Crippen LogP contribution in [0.25, 0.3) is 0 Å². The molecule has 6 heteroatoms. The lowest BCUT2D eigenvalue weighted by Gasteiger charge is -2.18. The van der Waals surface area contributed by atoms with Crippen molar-refractivity contribution in [2.75, 3.05) is 13.2 Å². The van der Waals surface area contributed by atoms with E-state index in [9.17, 15) is 14.4 Å². The first kappa shape index (κ1) is 77.6. The Balaban J connectivity index is 4.06. The molecule has 0 rings (SSSR count). The van der Waals surface area contributed by atoms with Crippen LogP contribution in [0.4, 0.5) is 0 Å². The second-order valence-corrected chi connectivity index (χ2v) is 23.4. The van der Waals surface area contributed by atoms with Gasteiger partial charge < -0.3 is 14.2 Å². The molecule has 1 atom stereocenters. The Hall–Kier alpha value is -3.41.